The van der Waals surface area contributed by atoms with Gasteiger partial charge in [-0.15, -0.1) is 0 Å². The van der Waals surface area contributed by atoms with Gasteiger partial charge in [-0.3, -0.25) is 37.7 Å². The quantitative estimate of drug-likeness (QED) is 0.0936. The zero-order valence-electron chi connectivity index (χ0n) is 31.6. The lowest BCUT2D eigenvalue weighted by molar-refractivity contribution is -0.0567. The fraction of sp³-hybridized carbons (Fsp3) is 0.459. The first-order chi connectivity index (χ1) is 26.5. The molecule has 17 nitrogen and oxygen atoms in total. The predicted octanol–water partition coefficient (Wildman–Crippen LogP) is 0.937. The highest BCUT2D eigenvalue weighted by atomic mass is 31.2. The molecular weight excluding hydrogens is 767 g/mol. The average molecular weight is 815 g/mol. The van der Waals surface area contributed by atoms with Gasteiger partial charge in [-0.25, -0.2) is 14.2 Å². The second-order valence-electron chi connectivity index (χ2n) is 15.1. The second kappa shape index (κ2) is 16.4. The van der Waals surface area contributed by atoms with E-state index in [0.29, 0.717) is 0 Å². The number of aromatic nitrogens is 4. The minimum Gasteiger partial charge on any atom is -0.402 e. The van der Waals surface area contributed by atoms with Crippen LogP contribution in [0.15, 0.2) is 92.2 Å². The Balaban J connectivity index is 1.33. The molecule has 4 heterocycles. The van der Waals surface area contributed by atoms with Gasteiger partial charge < -0.3 is 29.0 Å². The van der Waals surface area contributed by atoms with E-state index >= 15 is 0 Å². The smallest absolute Gasteiger partial charge is 0.402 e. The fourth-order valence-corrected chi connectivity index (χ4v) is 13.3. The largest absolute Gasteiger partial charge is 0.472 e. The predicted molar refractivity (Wildman–Crippen MR) is 205 cm³/mol. The molecule has 0 bridgehead atoms. The molecule has 6 rings (SSSR count). The van der Waals surface area contributed by atoms with Crippen LogP contribution in [0.4, 0.5) is 0 Å². The number of nitrogens with zero attached hydrogens (tertiary/aromatic N) is 2. The molecule has 2 aromatic carbocycles. The number of ether oxygens (including phenoxy) is 2. The van der Waals surface area contributed by atoms with Crippen LogP contribution in [-0.4, -0.2) is 86.8 Å². The first-order valence-corrected chi connectivity index (χ1v) is 21.5. The fourth-order valence-electron chi connectivity index (χ4n) is 7.54. The first kappa shape index (κ1) is 41.6. The van der Waals surface area contributed by atoms with Crippen LogP contribution in [0, 0.1) is 19.8 Å². The van der Waals surface area contributed by atoms with Gasteiger partial charge in [0.15, 0.2) is 0 Å². The Labute approximate surface area is 322 Å². The van der Waals surface area contributed by atoms with Crippen LogP contribution < -0.4 is 32.9 Å². The van der Waals surface area contributed by atoms with Crippen molar-refractivity contribution in [3.63, 3.8) is 0 Å². The average Bonchev–Trinajstić information content (AvgIpc) is 3.72. The van der Waals surface area contributed by atoms with Gasteiger partial charge in [0.2, 0.25) is 0 Å². The monoisotopic (exact) mass is 814 g/mol. The summed E-state index contributed by atoms with van der Waals surface area (Å²) in [5, 5.41) is 21.9. The van der Waals surface area contributed by atoms with Crippen molar-refractivity contribution in [2.45, 2.75) is 82.9 Å². The molecule has 0 amide bonds. The Morgan fingerprint density at radius 2 is 1.36 bits per heavy atom. The molecule has 5 N–H and O–H groups in total. The van der Waals surface area contributed by atoms with Crippen LogP contribution in [0.25, 0.3) is 0 Å². The highest BCUT2D eigenvalue weighted by molar-refractivity contribution is 7.47. The lowest BCUT2D eigenvalue weighted by Gasteiger charge is -2.45. The van der Waals surface area contributed by atoms with Crippen molar-refractivity contribution in [2.24, 2.45) is 5.92 Å². The molecule has 2 aliphatic rings. The molecule has 4 aromatic rings. The van der Waals surface area contributed by atoms with Crippen molar-refractivity contribution in [1.29, 1.82) is 0 Å². The lowest BCUT2D eigenvalue weighted by Crippen LogP contribution is -2.68. The molecular formula is C37H47N4O13PSi. The van der Waals surface area contributed by atoms with E-state index in [-0.39, 0.29) is 17.5 Å². The maximum absolute atomic E-state index is 13.7. The third-order valence-electron chi connectivity index (χ3n) is 10.3. The maximum atomic E-state index is 13.7. The van der Waals surface area contributed by atoms with Gasteiger partial charge >= 0.3 is 19.2 Å². The van der Waals surface area contributed by atoms with Crippen LogP contribution in [0.5, 0.6) is 0 Å². The van der Waals surface area contributed by atoms with E-state index < -0.39 is 106 Å². The number of aromatic amines is 2. The number of aliphatic hydroxyl groups is 2. The number of H-pyrrole nitrogens is 2. The van der Waals surface area contributed by atoms with E-state index in [1.165, 1.54) is 23.9 Å². The summed E-state index contributed by atoms with van der Waals surface area (Å²) in [6, 6.07) is 19.5. The minimum atomic E-state index is -5.07. The number of phosphoric ester groups is 1. The number of aryl methyl sites for hydroxylation is 2. The summed E-state index contributed by atoms with van der Waals surface area (Å²) < 4.78 is 46.7. The number of aliphatic hydroxyl groups excluding tert-OH is 2. The van der Waals surface area contributed by atoms with Gasteiger partial charge in [0.1, 0.15) is 30.8 Å². The van der Waals surface area contributed by atoms with E-state index in [4.69, 9.17) is 22.9 Å². The van der Waals surface area contributed by atoms with Crippen molar-refractivity contribution in [3.8, 4) is 0 Å². The van der Waals surface area contributed by atoms with E-state index in [1.807, 2.05) is 60.7 Å². The van der Waals surface area contributed by atoms with Crippen molar-refractivity contribution < 1.29 is 42.6 Å². The van der Waals surface area contributed by atoms with Crippen molar-refractivity contribution >= 4 is 26.5 Å². The highest BCUT2D eigenvalue weighted by Crippen LogP contribution is 2.51. The number of nitrogens with one attached hydrogen (secondary N) is 2. The Morgan fingerprint density at radius 3 is 1.88 bits per heavy atom. The van der Waals surface area contributed by atoms with Gasteiger partial charge in [-0.1, -0.05) is 81.4 Å². The van der Waals surface area contributed by atoms with Gasteiger partial charge in [0.05, 0.1) is 31.8 Å². The van der Waals surface area contributed by atoms with Crippen LogP contribution in [-0.2, 0) is 27.5 Å². The SMILES string of the molecule is Cc1cn([C@@H]2O[C@H](CO)[C@@H](OP(=O)(O)OC[C@H]3O[C@@H](n4cc(C)c(=O)[nH]c4=O)C[C@@H]3O[Si](c3ccccc3)(c3ccccc3)C(C)(C)C)[C@H]2CO)c(=O)[nH]c1=O. The van der Waals surface area contributed by atoms with Gasteiger partial charge in [0, 0.05) is 29.9 Å². The molecule has 0 aliphatic carbocycles. The molecule has 2 saturated heterocycles. The molecule has 19 heteroatoms. The standard InChI is InChI=1S/C37H47N4O13PSi/c1-22-17-40(35(46)38-32(22)44)30-16-27(54-56(37(3,4)5,24-12-8-6-9-13-24)25-14-10-7-11-15-25)29(51-30)21-50-55(48,49)53-31-26(19-42)34(52-28(31)20-43)41-18-23(2)33(45)39-36(41)47/h6-15,17-18,26-31,34,42-43H,16,19-21H2,1-5H3,(H,48,49)(H,38,44,46)(H,39,45,47)/t26-,27+,28-,29-,30-,31+,34-/m1/s1. The molecule has 302 valence electrons. The number of benzene rings is 2. The van der Waals surface area contributed by atoms with Crippen LogP contribution in [0.3, 0.4) is 0 Å². The maximum Gasteiger partial charge on any atom is 0.472 e. The van der Waals surface area contributed by atoms with Crippen LogP contribution in [0.1, 0.15) is 50.8 Å². The van der Waals surface area contributed by atoms with Crippen molar-refractivity contribution in [1.82, 2.24) is 19.1 Å². The summed E-state index contributed by atoms with van der Waals surface area (Å²) in [4.78, 5) is 65.6. The van der Waals surface area contributed by atoms with Gasteiger partial charge in [-0.05, 0) is 29.3 Å². The molecule has 2 aliphatic heterocycles. The van der Waals surface area contributed by atoms with Gasteiger partial charge in [-0.2, -0.15) is 0 Å². The zero-order valence-corrected chi connectivity index (χ0v) is 33.5. The molecule has 0 radical (unpaired) electrons. The van der Waals surface area contributed by atoms with E-state index in [2.05, 4.69) is 30.7 Å². The molecule has 0 saturated carbocycles. The normalized spacial score (nSPS) is 25.3. The molecule has 2 aromatic heterocycles. The Kier molecular flexibility index (Phi) is 12.2. The van der Waals surface area contributed by atoms with Crippen molar-refractivity contribution in [3.05, 3.63) is 126 Å². The zero-order chi connectivity index (χ0) is 40.6. The summed E-state index contributed by atoms with van der Waals surface area (Å²) in [6.45, 7) is 7.25. The van der Waals surface area contributed by atoms with E-state index in [9.17, 15) is 38.8 Å². The summed E-state index contributed by atoms with van der Waals surface area (Å²) in [7, 11) is -8.34. The third-order valence-corrected chi connectivity index (χ3v) is 16.4. The van der Waals surface area contributed by atoms with E-state index in [1.54, 1.807) is 6.92 Å². The minimum absolute atomic E-state index is 0.0884. The number of hydrogen-bond acceptors (Lipinski definition) is 12. The summed E-state index contributed by atoms with van der Waals surface area (Å²) in [6.07, 6.45) is -4.21. The summed E-state index contributed by atoms with van der Waals surface area (Å²) >= 11 is 0. The van der Waals surface area contributed by atoms with Gasteiger partial charge in [0.25, 0.3) is 19.4 Å². The first-order valence-electron chi connectivity index (χ1n) is 18.1. The number of rotatable bonds is 13. The molecule has 56 heavy (non-hydrogen) atoms. The number of phosphoric acid groups is 1. The Morgan fingerprint density at radius 1 is 0.821 bits per heavy atom. The highest BCUT2D eigenvalue weighted by Gasteiger charge is 2.55. The summed E-state index contributed by atoms with van der Waals surface area (Å²) in [5.74, 6) is -1.16. The topological polar surface area (TPSA) is 234 Å². The van der Waals surface area contributed by atoms with Crippen molar-refractivity contribution in [2.75, 3.05) is 19.8 Å². The second-order valence-corrected chi connectivity index (χ2v) is 20.7. The number of hydrogen-bond donors (Lipinski definition) is 5. The summed E-state index contributed by atoms with van der Waals surface area (Å²) in [5.41, 5.74) is -2.33. The molecule has 2 fully saturated rings. The molecule has 0 spiro atoms. The molecule has 1 unspecified atom stereocenters. The van der Waals surface area contributed by atoms with Crippen LogP contribution in [0.2, 0.25) is 5.04 Å². The third kappa shape index (κ3) is 8.17. The Bertz CT molecular complexity index is 2250. The van der Waals surface area contributed by atoms with Crippen LogP contribution >= 0.6 is 7.82 Å². The molecule has 8 atom stereocenters. The lowest BCUT2D eigenvalue weighted by atomic mass is 10.0. The van der Waals surface area contributed by atoms with E-state index in [0.717, 1.165) is 14.9 Å². The Hall–Kier alpha value is -4.07.